The molecule has 0 amide bonds. The molecule has 0 saturated carbocycles. The van der Waals surface area contributed by atoms with Crippen molar-refractivity contribution in [2.45, 2.75) is 12.8 Å². The van der Waals surface area contributed by atoms with E-state index in [1.54, 1.807) is 6.92 Å². The molecule has 0 aliphatic carbocycles. The quantitative estimate of drug-likeness (QED) is 0.553. The Balaban J connectivity index is 2.90. The molecule has 0 bridgehead atoms. The zero-order valence-electron chi connectivity index (χ0n) is 8.01. The second-order valence-corrected chi connectivity index (χ2v) is 3.59. The summed E-state index contributed by atoms with van der Waals surface area (Å²) >= 11 is 5.67. The van der Waals surface area contributed by atoms with Gasteiger partial charge in [-0.05, 0) is 30.2 Å². The van der Waals surface area contributed by atoms with E-state index >= 15 is 0 Å². The Morgan fingerprint density at radius 1 is 1.40 bits per heavy atom. The molecule has 0 unspecified atom stereocenters. The summed E-state index contributed by atoms with van der Waals surface area (Å²) in [6, 6.07) is 4.12. The lowest BCUT2D eigenvalue weighted by Crippen LogP contribution is -2.00. The van der Waals surface area contributed by atoms with Crippen molar-refractivity contribution in [1.29, 1.82) is 0 Å². The Kier molecular flexibility index (Phi) is 2.49. The third-order valence-corrected chi connectivity index (χ3v) is 2.54. The SMILES string of the molecule is Cc1cc2oc(=O)cc(CCl)c2cc1F. The summed E-state index contributed by atoms with van der Waals surface area (Å²) < 4.78 is 18.3. The number of aryl methyl sites for hydroxylation is 1. The monoisotopic (exact) mass is 226 g/mol. The summed E-state index contributed by atoms with van der Waals surface area (Å²) in [6.07, 6.45) is 0. The van der Waals surface area contributed by atoms with Gasteiger partial charge in [0.05, 0.1) is 0 Å². The van der Waals surface area contributed by atoms with E-state index in [1.165, 1.54) is 18.2 Å². The molecule has 0 N–H and O–H groups in total. The number of hydrogen-bond donors (Lipinski definition) is 0. The van der Waals surface area contributed by atoms with Gasteiger partial charge in [0, 0.05) is 17.3 Å². The zero-order valence-corrected chi connectivity index (χ0v) is 8.77. The minimum absolute atomic E-state index is 0.157. The molecule has 2 rings (SSSR count). The number of halogens is 2. The molecule has 1 heterocycles. The van der Waals surface area contributed by atoms with Crippen LogP contribution in [0.5, 0.6) is 0 Å². The summed E-state index contributed by atoms with van der Waals surface area (Å²) in [4.78, 5) is 11.1. The van der Waals surface area contributed by atoms with Gasteiger partial charge in [-0.15, -0.1) is 11.6 Å². The Morgan fingerprint density at radius 2 is 2.13 bits per heavy atom. The second-order valence-electron chi connectivity index (χ2n) is 3.32. The van der Waals surface area contributed by atoms with E-state index in [9.17, 15) is 9.18 Å². The Bertz CT molecular complexity index is 575. The first-order valence-corrected chi connectivity index (χ1v) is 4.94. The topological polar surface area (TPSA) is 30.2 Å². The van der Waals surface area contributed by atoms with Gasteiger partial charge in [0.15, 0.2) is 0 Å². The number of rotatable bonds is 1. The van der Waals surface area contributed by atoms with Crippen LogP contribution < -0.4 is 5.63 Å². The van der Waals surface area contributed by atoms with Gasteiger partial charge in [-0.2, -0.15) is 0 Å². The van der Waals surface area contributed by atoms with Gasteiger partial charge in [0.1, 0.15) is 11.4 Å². The average molecular weight is 227 g/mol. The van der Waals surface area contributed by atoms with Crippen molar-refractivity contribution in [3.8, 4) is 0 Å². The maximum atomic E-state index is 13.3. The molecule has 2 nitrogen and oxygen atoms in total. The highest BCUT2D eigenvalue weighted by Gasteiger charge is 2.08. The van der Waals surface area contributed by atoms with Crippen molar-refractivity contribution in [2.75, 3.05) is 0 Å². The van der Waals surface area contributed by atoms with Gasteiger partial charge >= 0.3 is 5.63 Å². The third-order valence-electron chi connectivity index (χ3n) is 2.25. The highest BCUT2D eigenvalue weighted by atomic mass is 35.5. The smallest absolute Gasteiger partial charge is 0.336 e. The van der Waals surface area contributed by atoms with E-state index < -0.39 is 5.63 Å². The van der Waals surface area contributed by atoms with Crippen molar-refractivity contribution in [2.24, 2.45) is 0 Å². The van der Waals surface area contributed by atoms with Crippen molar-refractivity contribution < 1.29 is 8.81 Å². The fourth-order valence-corrected chi connectivity index (χ4v) is 1.68. The molecule has 78 valence electrons. The minimum atomic E-state index is -0.468. The summed E-state index contributed by atoms with van der Waals surface area (Å²) in [7, 11) is 0. The first-order valence-electron chi connectivity index (χ1n) is 4.40. The maximum absolute atomic E-state index is 13.3. The van der Waals surface area contributed by atoms with Gasteiger partial charge in [0.2, 0.25) is 0 Å². The standard InChI is InChI=1S/C11H8ClFO2/c1-6-2-10-8(4-9(6)13)7(5-12)3-11(14)15-10/h2-4H,5H2,1H3. The first-order chi connectivity index (χ1) is 7.11. The maximum Gasteiger partial charge on any atom is 0.336 e. The Morgan fingerprint density at radius 3 is 2.80 bits per heavy atom. The molecule has 1 aromatic heterocycles. The zero-order chi connectivity index (χ0) is 11.0. The van der Waals surface area contributed by atoms with Crippen LogP contribution in [0.1, 0.15) is 11.1 Å². The van der Waals surface area contributed by atoms with Crippen LogP contribution in [0.15, 0.2) is 27.4 Å². The van der Waals surface area contributed by atoms with E-state index in [0.717, 1.165) is 0 Å². The largest absolute Gasteiger partial charge is 0.423 e. The van der Waals surface area contributed by atoms with Gasteiger partial charge in [-0.25, -0.2) is 9.18 Å². The Labute approximate surface area is 90.3 Å². The fourth-order valence-electron chi connectivity index (χ4n) is 1.46. The van der Waals surface area contributed by atoms with Crippen molar-refractivity contribution >= 4 is 22.6 Å². The van der Waals surface area contributed by atoms with Crippen molar-refractivity contribution in [1.82, 2.24) is 0 Å². The van der Waals surface area contributed by atoms with Crippen LogP contribution in [-0.2, 0) is 5.88 Å². The number of benzene rings is 1. The van der Waals surface area contributed by atoms with E-state index in [2.05, 4.69) is 0 Å². The molecule has 4 heteroatoms. The third kappa shape index (κ3) is 1.75. The van der Waals surface area contributed by atoms with Gasteiger partial charge in [0.25, 0.3) is 0 Å². The molecular formula is C11H8ClFO2. The Hall–Kier alpha value is -1.35. The lowest BCUT2D eigenvalue weighted by atomic mass is 10.1. The predicted molar refractivity (Wildman–Crippen MR) is 56.7 cm³/mol. The molecule has 0 atom stereocenters. The minimum Gasteiger partial charge on any atom is -0.423 e. The van der Waals surface area contributed by atoms with Gasteiger partial charge < -0.3 is 4.42 Å². The lowest BCUT2D eigenvalue weighted by Gasteiger charge is -2.03. The highest BCUT2D eigenvalue weighted by molar-refractivity contribution is 6.17. The van der Waals surface area contributed by atoms with Gasteiger partial charge in [-0.3, -0.25) is 0 Å². The van der Waals surface area contributed by atoms with Crippen LogP contribution in [0.4, 0.5) is 4.39 Å². The highest BCUT2D eigenvalue weighted by Crippen LogP contribution is 2.21. The molecule has 2 aromatic rings. The average Bonchev–Trinajstić information content (AvgIpc) is 2.19. The van der Waals surface area contributed by atoms with Gasteiger partial charge in [-0.1, -0.05) is 0 Å². The van der Waals surface area contributed by atoms with Crippen LogP contribution >= 0.6 is 11.6 Å². The van der Waals surface area contributed by atoms with E-state index in [-0.39, 0.29) is 11.7 Å². The fraction of sp³-hybridized carbons (Fsp3) is 0.182. The van der Waals surface area contributed by atoms with E-state index in [4.69, 9.17) is 16.0 Å². The van der Waals surface area contributed by atoms with Crippen molar-refractivity contribution in [3.63, 3.8) is 0 Å². The number of hydrogen-bond acceptors (Lipinski definition) is 2. The molecule has 0 fully saturated rings. The van der Waals surface area contributed by atoms with Crippen LogP contribution in [0, 0.1) is 12.7 Å². The molecule has 0 saturated heterocycles. The number of alkyl halides is 1. The summed E-state index contributed by atoms with van der Waals surface area (Å²) in [5.74, 6) is -0.173. The second kappa shape index (κ2) is 3.66. The van der Waals surface area contributed by atoms with E-state index in [0.29, 0.717) is 22.1 Å². The molecule has 0 radical (unpaired) electrons. The summed E-state index contributed by atoms with van der Waals surface area (Å²) in [5, 5.41) is 0.549. The molecule has 0 aliphatic rings. The van der Waals surface area contributed by atoms with Crippen LogP contribution in [0.25, 0.3) is 11.0 Å². The molecular weight excluding hydrogens is 219 g/mol. The molecule has 1 aromatic carbocycles. The van der Waals surface area contributed by atoms with Crippen LogP contribution in [0.3, 0.4) is 0 Å². The van der Waals surface area contributed by atoms with E-state index in [1.807, 2.05) is 0 Å². The lowest BCUT2D eigenvalue weighted by molar-refractivity contribution is 0.556. The predicted octanol–water partition coefficient (Wildman–Crippen LogP) is 2.98. The van der Waals surface area contributed by atoms with Crippen molar-refractivity contribution in [3.05, 3.63) is 45.6 Å². The van der Waals surface area contributed by atoms with Crippen LogP contribution in [-0.4, -0.2) is 0 Å². The first kappa shape index (κ1) is 10.2. The summed E-state index contributed by atoms with van der Waals surface area (Å²) in [5.41, 5.74) is 0.931. The normalized spacial score (nSPS) is 10.9. The number of fused-ring (bicyclic) bond motifs is 1. The molecule has 15 heavy (non-hydrogen) atoms. The molecule has 0 aliphatic heterocycles. The molecule has 0 spiro atoms. The summed E-state index contributed by atoms with van der Waals surface area (Å²) in [6.45, 7) is 1.61. The van der Waals surface area contributed by atoms with Crippen LogP contribution in [0.2, 0.25) is 0 Å².